The highest BCUT2D eigenvalue weighted by Gasteiger charge is 2.37. The van der Waals surface area contributed by atoms with E-state index in [-0.39, 0.29) is 29.6 Å². The lowest BCUT2D eigenvalue weighted by atomic mass is 9.94. The summed E-state index contributed by atoms with van der Waals surface area (Å²) in [6.07, 6.45) is 5.43. The van der Waals surface area contributed by atoms with Crippen LogP contribution in [-0.2, 0) is 4.79 Å². The van der Waals surface area contributed by atoms with Gasteiger partial charge in [-0.1, -0.05) is 19.8 Å². The number of carbonyl (C=O) groups is 2. The van der Waals surface area contributed by atoms with E-state index < -0.39 is 4.92 Å². The largest absolute Gasteiger partial charge is 0.352 e. The number of hydrogen-bond donors (Lipinski definition) is 1. The average molecular weight is 417 g/mol. The van der Waals surface area contributed by atoms with Gasteiger partial charge in [-0.05, 0) is 44.2 Å². The smallest absolute Gasteiger partial charge is 0.269 e. The van der Waals surface area contributed by atoms with Crippen LogP contribution in [0.2, 0.25) is 0 Å². The molecule has 1 aromatic rings. The molecule has 8 nitrogen and oxygen atoms in total. The van der Waals surface area contributed by atoms with Gasteiger partial charge in [0, 0.05) is 49.9 Å². The fourth-order valence-corrected chi connectivity index (χ4v) is 4.49. The normalized spacial score (nSPS) is 20.0. The third kappa shape index (κ3) is 5.16. The summed E-state index contributed by atoms with van der Waals surface area (Å²) in [4.78, 5) is 40.2. The predicted octanol–water partition coefficient (Wildman–Crippen LogP) is 2.83. The molecule has 1 N–H and O–H groups in total. The molecule has 1 saturated carbocycles. The molecule has 1 heterocycles. The van der Waals surface area contributed by atoms with Gasteiger partial charge in [-0.15, -0.1) is 0 Å². The lowest BCUT2D eigenvalue weighted by Gasteiger charge is -2.41. The lowest BCUT2D eigenvalue weighted by molar-refractivity contribution is -0.384. The van der Waals surface area contributed by atoms with Crippen molar-refractivity contribution in [1.29, 1.82) is 0 Å². The van der Waals surface area contributed by atoms with Gasteiger partial charge in [-0.3, -0.25) is 24.6 Å². The minimum atomic E-state index is -0.472. The number of piperazine rings is 1. The molecular formula is C22H32N4O4. The van der Waals surface area contributed by atoms with Crippen LogP contribution in [-0.4, -0.2) is 64.8 Å². The number of nitro benzene ring substituents is 1. The lowest BCUT2D eigenvalue weighted by Crippen LogP contribution is -2.58. The van der Waals surface area contributed by atoms with Gasteiger partial charge in [0.2, 0.25) is 5.91 Å². The third-order valence-electron chi connectivity index (χ3n) is 6.44. The molecule has 2 atom stereocenters. The van der Waals surface area contributed by atoms with E-state index >= 15 is 0 Å². The van der Waals surface area contributed by atoms with Crippen LogP contribution in [0.15, 0.2) is 24.3 Å². The molecule has 1 aliphatic heterocycles. The Balaban J connectivity index is 1.63. The van der Waals surface area contributed by atoms with Crippen LogP contribution >= 0.6 is 0 Å². The highest BCUT2D eigenvalue weighted by Crippen LogP contribution is 2.31. The Labute approximate surface area is 177 Å². The van der Waals surface area contributed by atoms with Crippen molar-refractivity contribution in [2.45, 2.75) is 58.0 Å². The molecule has 2 amide bonds. The quantitative estimate of drug-likeness (QED) is 0.545. The molecule has 1 saturated heterocycles. The summed E-state index contributed by atoms with van der Waals surface area (Å²) in [7, 11) is 0. The van der Waals surface area contributed by atoms with Crippen LogP contribution < -0.4 is 5.32 Å². The predicted molar refractivity (Wildman–Crippen MR) is 114 cm³/mol. The van der Waals surface area contributed by atoms with Crippen molar-refractivity contribution < 1.29 is 14.5 Å². The molecular weight excluding hydrogens is 384 g/mol. The van der Waals surface area contributed by atoms with Crippen molar-refractivity contribution in [2.75, 3.05) is 26.2 Å². The van der Waals surface area contributed by atoms with Gasteiger partial charge in [-0.2, -0.15) is 0 Å². The fourth-order valence-electron chi connectivity index (χ4n) is 4.49. The Morgan fingerprint density at radius 1 is 1.13 bits per heavy atom. The van der Waals surface area contributed by atoms with E-state index in [2.05, 4.69) is 17.1 Å². The second kappa shape index (κ2) is 10.0. The number of nitrogens with zero attached hydrogens (tertiary/aromatic N) is 3. The molecule has 1 aliphatic carbocycles. The van der Waals surface area contributed by atoms with Gasteiger partial charge in [0.25, 0.3) is 11.6 Å². The highest BCUT2D eigenvalue weighted by atomic mass is 16.6. The van der Waals surface area contributed by atoms with Crippen LogP contribution in [0.4, 0.5) is 5.69 Å². The summed E-state index contributed by atoms with van der Waals surface area (Å²) in [6.45, 7) is 6.52. The monoisotopic (exact) mass is 416 g/mol. The second-order valence-electron chi connectivity index (χ2n) is 8.44. The SMILES string of the molecule is CC[C@@H](C)NC(=O)[C@H](C1CCCC1)N1CCN(C(=O)c2ccc([N+](=O)[O-])cc2)CC1. The molecule has 2 aliphatic rings. The number of rotatable bonds is 7. The summed E-state index contributed by atoms with van der Waals surface area (Å²) in [5, 5.41) is 14.0. The number of nitro groups is 1. The zero-order valence-electron chi connectivity index (χ0n) is 17.9. The molecule has 164 valence electrons. The van der Waals surface area contributed by atoms with Crippen molar-refractivity contribution in [3.05, 3.63) is 39.9 Å². The van der Waals surface area contributed by atoms with E-state index in [0.717, 1.165) is 19.3 Å². The van der Waals surface area contributed by atoms with E-state index in [1.165, 1.54) is 37.1 Å². The van der Waals surface area contributed by atoms with E-state index in [1.807, 2.05) is 6.92 Å². The van der Waals surface area contributed by atoms with Crippen LogP contribution in [0.1, 0.15) is 56.3 Å². The third-order valence-corrected chi connectivity index (χ3v) is 6.44. The van der Waals surface area contributed by atoms with Crippen LogP contribution in [0.3, 0.4) is 0 Å². The highest BCUT2D eigenvalue weighted by molar-refractivity contribution is 5.94. The fraction of sp³-hybridized carbons (Fsp3) is 0.636. The molecule has 0 unspecified atom stereocenters. The van der Waals surface area contributed by atoms with Gasteiger partial charge < -0.3 is 10.2 Å². The maximum Gasteiger partial charge on any atom is 0.269 e. The molecule has 30 heavy (non-hydrogen) atoms. The number of amides is 2. The van der Waals surface area contributed by atoms with Crippen molar-refractivity contribution in [3.63, 3.8) is 0 Å². The van der Waals surface area contributed by atoms with E-state index in [9.17, 15) is 19.7 Å². The summed E-state index contributed by atoms with van der Waals surface area (Å²) >= 11 is 0. The van der Waals surface area contributed by atoms with Crippen molar-refractivity contribution in [1.82, 2.24) is 15.1 Å². The second-order valence-corrected chi connectivity index (χ2v) is 8.44. The van der Waals surface area contributed by atoms with Crippen molar-refractivity contribution in [2.24, 2.45) is 5.92 Å². The minimum Gasteiger partial charge on any atom is -0.352 e. The average Bonchev–Trinajstić information content (AvgIpc) is 3.28. The van der Waals surface area contributed by atoms with E-state index in [0.29, 0.717) is 37.7 Å². The molecule has 0 radical (unpaired) electrons. The first-order valence-corrected chi connectivity index (χ1v) is 11.0. The van der Waals surface area contributed by atoms with E-state index in [1.54, 1.807) is 4.90 Å². The Hall–Kier alpha value is -2.48. The first kappa shape index (κ1) is 22.2. The molecule has 0 bridgehead atoms. The number of non-ortho nitro benzene ring substituents is 1. The zero-order chi connectivity index (χ0) is 21.7. The first-order chi connectivity index (χ1) is 14.4. The molecule has 0 aromatic heterocycles. The Morgan fingerprint density at radius 3 is 2.27 bits per heavy atom. The van der Waals surface area contributed by atoms with Crippen molar-refractivity contribution in [3.8, 4) is 0 Å². The van der Waals surface area contributed by atoms with Crippen LogP contribution in [0.25, 0.3) is 0 Å². The Kier molecular flexibility index (Phi) is 7.42. The van der Waals surface area contributed by atoms with E-state index in [4.69, 9.17) is 0 Å². The summed E-state index contributed by atoms with van der Waals surface area (Å²) in [6, 6.07) is 5.77. The molecule has 3 rings (SSSR count). The first-order valence-electron chi connectivity index (χ1n) is 11.0. The zero-order valence-corrected chi connectivity index (χ0v) is 17.9. The van der Waals surface area contributed by atoms with Gasteiger partial charge in [0.05, 0.1) is 11.0 Å². The Bertz CT molecular complexity index is 753. The van der Waals surface area contributed by atoms with Gasteiger partial charge >= 0.3 is 0 Å². The standard InChI is InChI=1S/C22H32N4O4/c1-3-16(2)23-21(27)20(17-6-4-5-7-17)24-12-14-25(15-13-24)22(28)18-8-10-19(11-9-18)26(29)30/h8-11,16-17,20H,3-7,12-15H2,1-2H3,(H,23,27)/t16-,20+/m1/s1. The number of benzene rings is 1. The number of hydrogen-bond acceptors (Lipinski definition) is 5. The van der Waals surface area contributed by atoms with Gasteiger partial charge in [0.1, 0.15) is 0 Å². The molecule has 8 heteroatoms. The summed E-state index contributed by atoms with van der Waals surface area (Å²) < 4.78 is 0. The van der Waals surface area contributed by atoms with Gasteiger partial charge in [0.15, 0.2) is 0 Å². The maximum atomic E-state index is 13.0. The number of carbonyl (C=O) groups excluding carboxylic acids is 2. The topological polar surface area (TPSA) is 95.8 Å². The summed E-state index contributed by atoms with van der Waals surface area (Å²) in [5.41, 5.74) is 0.430. The van der Waals surface area contributed by atoms with Crippen LogP contribution in [0.5, 0.6) is 0 Å². The molecule has 2 fully saturated rings. The molecule has 0 spiro atoms. The number of nitrogens with one attached hydrogen (secondary N) is 1. The summed E-state index contributed by atoms with van der Waals surface area (Å²) in [5.74, 6) is 0.378. The maximum absolute atomic E-state index is 13.0. The van der Waals surface area contributed by atoms with Crippen LogP contribution in [0, 0.1) is 16.0 Å². The molecule has 1 aromatic carbocycles. The minimum absolute atomic E-state index is 0.0249. The Morgan fingerprint density at radius 2 is 1.73 bits per heavy atom. The van der Waals surface area contributed by atoms with Crippen molar-refractivity contribution >= 4 is 17.5 Å². The van der Waals surface area contributed by atoms with Gasteiger partial charge in [-0.25, -0.2) is 0 Å².